The number of ether oxygens (including phenoxy) is 2. The summed E-state index contributed by atoms with van der Waals surface area (Å²) < 4.78 is 9.70. The van der Waals surface area contributed by atoms with Crippen LogP contribution in [0.4, 0.5) is 0 Å². The highest BCUT2D eigenvalue weighted by Gasteiger charge is 2.75. The zero-order valence-electron chi connectivity index (χ0n) is 10.8. The van der Waals surface area contributed by atoms with E-state index in [4.69, 9.17) is 9.47 Å². The third-order valence-electron chi connectivity index (χ3n) is 3.22. The molecule has 5 nitrogen and oxygen atoms in total. The Balaban J connectivity index is 2.05. The second-order valence-electron chi connectivity index (χ2n) is 4.58. The Bertz CT molecular complexity index is 422. The average molecular weight is 271 g/mol. The molecular weight excluding hydrogens is 254 g/mol. The van der Waals surface area contributed by atoms with Crippen LogP contribution >= 0.6 is 11.8 Å². The quantitative estimate of drug-likeness (QED) is 0.710. The van der Waals surface area contributed by atoms with Gasteiger partial charge >= 0.3 is 11.9 Å². The molecule has 1 fully saturated rings. The first-order chi connectivity index (χ1) is 8.47. The fourth-order valence-corrected chi connectivity index (χ4v) is 3.70. The predicted octanol–water partition coefficient (Wildman–Crippen LogP) is 1.55. The van der Waals surface area contributed by atoms with Gasteiger partial charge in [0.1, 0.15) is 0 Å². The molecule has 2 aliphatic rings. The van der Waals surface area contributed by atoms with E-state index in [1.807, 2.05) is 6.92 Å². The van der Waals surface area contributed by atoms with Gasteiger partial charge in [-0.05, 0) is 20.8 Å². The highest BCUT2D eigenvalue weighted by Crippen LogP contribution is 2.65. The number of esters is 2. The molecule has 18 heavy (non-hydrogen) atoms. The Morgan fingerprint density at radius 3 is 2.61 bits per heavy atom. The molecule has 2 atom stereocenters. The normalized spacial score (nSPS) is 32.5. The van der Waals surface area contributed by atoms with Crippen molar-refractivity contribution in [2.45, 2.75) is 43.9 Å². The number of rotatable bonds is 5. The van der Waals surface area contributed by atoms with Gasteiger partial charge in [0.2, 0.25) is 0 Å². The number of hydrogen-bond donors (Lipinski definition) is 0. The smallest absolute Gasteiger partial charge is 0.335 e. The van der Waals surface area contributed by atoms with E-state index in [9.17, 15) is 9.59 Å². The molecule has 0 unspecified atom stereocenters. The fourth-order valence-electron chi connectivity index (χ4n) is 2.21. The van der Waals surface area contributed by atoms with E-state index in [1.165, 1.54) is 11.8 Å². The van der Waals surface area contributed by atoms with Crippen molar-refractivity contribution < 1.29 is 19.1 Å². The van der Waals surface area contributed by atoms with Crippen LogP contribution in [-0.4, -0.2) is 40.5 Å². The van der Waals surface area contributed by atoms with Crippen LogP contribution in [0.1, 0.15) is 33.6 Å². The Morgan fingerprint density at radius 2 is 2.00 bits per heavy atom. The second-order valence-corrected chi connectivity index (χ2v) is 6.15. The standard InChI is InChI=1S/C12H17NO4S/c1-4-16-9(14)6-8-13-12(10(15)17-5-2)7-11(12,3)18-8/h4-7H2,1-3H3/t11-,12-/m0/s1. The summed E-state index contributed by atoms with van der Waals surface area (Å²) in [6, 6.07) is 0. The highest BCUT2D eigenvalue weighted by molar-refractivity contribution is 8.15. The van der Waals surface area contributed by atoms with Crippen LogP contribution in [0.5, 0.6) is 0 Å². The first-order valence-corrected chi connectivity index (χ1v) is 6.89. The maximum absolute atomic E-state index is 11.9. The lowest BCUT2D eigenvalue weighted by atomic mass is 10.2. The summed E-state index contributed by atoms with van der Waals surface area (Å²) in [7, 11) is 0. The molecule has 0 aromatic carbocycles. The number of hydrogen-bond acceptors (Lipinski definition) is 6. The predicted molar refractivity (Wildman–Crippen MR) is 68.7 cm³/mol. The largest absolute Gasteiger partial charge is 0.466 e. The zero-order chi connectivity index (χ0) is 13.4. The van der Waals surface area contributed by atoms with E-state index in [0.29, 0.717) is 24.7 Å². The molecule has 1 saturated carbocycles. The number of aliphatic imine (C=N–C) groups is 1. The van der Waals surface area contributed by atoms with E-state index in [-0.39, 0.29) is 23.1 Å². The molecule has 0 N–H and O–H groups in total. The molecule has 0 spiro atoms. The Morgan fingerprint density at radius 1 is 1.33 bits per heavy atom. The maximum Gasteiger partial charge on any atom is 0.335 e. The fraction of sp³-hybridized carbons (Fsp3) is 0.750. The number of thioether (sulfide) groups is 1. The molecule has 0 bridgehead atoms. The van der Waals surface area contributed by atoms with Crippen LogP contribution in [0, 0.1) is 0 Å². The molecule has 0 radical (unpaired) electrons. The molecule has 1 aliphatic carbocycles. The topological polar surface area (TPSA) is 65.0 Å². The lowest BCUT2D eigenvalue weighted by Gasteiger charge is -2.09. The highest BCUT2D eigenvalue weighted by atomic mass is 32.2. The van der Waals surface area contributed by atoms with Crippen molar-refractivity contribution in [2.75, 3.05) is 13.2 Å². The number of fused-ring (bicyclic) bond motifs is 1. The van der Waals surface area contributed by atoms with Gasteiger partial charge in [0, 0.05) is 6.42 Å². The summed E-state index contributed by atoms with van der Waals surface area (Å²) in [6.45, 7) is 6.23. The van der Waals surface area contributed by atoms with Crippen molar-refractivity contribution in [3.63, 3.8) is 0 Å². The molecule has 0 aromatic rings. The summed E-state index contributed by atoms with van der Waals surface area (Å²) >= 11 is 1.50. The monoisotopic (exact) mass is 271 g/mol. The molecule has 0 saturated heterocycles. The van der Waals surface area contributed by atoms with E-state index < -0.39 is 5.54 Å². The van der Waals surface area contributed by atoms with Crippen molar-refractivity contribution in [1.29, 1.82) is 0 Å². The van der Waals surface area contributed by atoms with Crippen LogP contribution < -0.4 is 0 Å². The third-order valence-corrected chi connectivity index (χ3v) is 4.62. The third kappa shape index (κ3) is 2.02. The van der Waals surface area contributed by atoms with Gasteiger partial charge in [-0.2, -0.15) is 0 Å². The first kappa shape index (κ1) is 13.4. The molecular formula is C12H17NO4S. The van der Waals surface area contributed by atoms with Crippen molar-refractivity contribution in [1.82, 2.24) is 0 Å². The zero-order valence-corrected chi connectivity index (χ0v) is 11.6. The van der Waals surface area contributed by atoms with E-state index in [1.54, 1.807) is 13.8 Å². The van der Waals surface area contributed by atoms with E-state index in [0.717, 1.165) is 0 Å². The number of nitrogens with zero attached hydrogens (tertiary/aromatic N) is 1. The molecule has 0 aromatic heterocycles. The van der Waals surface area contributed by atoms with Gasteiger partial charge in [0.25, 0.3) is 0 Å². The lowest BCUT2D eigenvalue weighted by Crippen LogP contribution is -2.28. The summed E-state index contributed by atoms with van der Waals surface area (Å²) in [5, 5.41) is 0.676. The van der Waals surface area contributed by atoms with Crippen LogP contribution in [0.3, 0.4) is 0 Å². The number of carbonyl (C=O) groups excluding carboxylic acids is 2. The minimum atomic E-state index is -0.754. The number of carbonyl (C=O) groups is 2. The average Bonchev–Trinajstić information content (AvgIpc) is 2.74. The Labute approximate surface area is 110 Å². The minimum Gasteiger partial charge on any atom is -0.466 e. The van der Waals surface area contributed by atoms with Gasteiger partial charge in [-0.3, -0.25) is 9.79 Å². The molecule has 6 heteroatoms. The van der Waals surface area contributed by atoms with Crippen LogP contribution in [0.2, 0.25) is 0 Å². The summed E-state index contributed by atoms with van der Waals surface area (Å²) in [4.78, 5) is 27.7. The summed E-state index contributed by atoms with van der Waals surface area (Å²) in [6.07, 6.45) is 0.838. The van der Waals surface area contributed by atoms with E-state index in [2.05, 4.69) is 4.99 Å². The first-order valence-electron chi connectivity index (χ1n) is 6.08. The summed E-state index contributed by atoms with van der Waals surface area (Å²) in [5.41, 5.74) is -0.754. The van der Waals surface area contributed by atoms with Crippen molar-refractivity contribution in [3.8, 4) is 0 Å². The van der Waals surface area contributed by atoms with Gasteiger partial charge in [-0.1, -0.05) is 0 Å². The van der Waals surface area contributed by atoms with Crippen LogP contribution in [-0.2, 0) is 19.1 Å². The summed E-state index contributed by atoms with van der Waals surface area (Å²) in [5.74, 6) is -0.577. The van der Waals surface area contributed by atoms with Crippen LogP contribution in [0.25, 0.3) is 0 Å². The van der Waals surface area contributed by atoms with Crippen molar-refractivity contribution in [3.05, 3.63) is 0 Å². The maximum atomic E-state index is 11.9. The molecule has 100 valence electrons. The molecule has 1 heterocycles. The lowest BCUT2D eigenvalue weighted by molar-refractivity contribution is -0.146. The molecule has 2 rings (SSSR count). The Kier molecular flexibility index (Phi) is 3.40. The van der Waals surface area contributed by atoms with Gasteiger partial charge < -0.3 is 9.47 Å². The van der Waals surface area contributed by atoms with Crippen molar-refractivity contribution >= 4 is 28.7 Å². The van der Waals surface area contributed by atoms with E-state index >= 15 is 0 Å². The Hall–Kier alpha value is -1.04. The van der Waals surface area contributed by atoms with Crippen molar-refractivity contribution in [2.24, 2.45) is 4.99 Å². The van der Waals surface area contributed by atoms with Gasteiger partial charge in [-0.25, -0.2) is 4.79 Å². The minimum absolute atomic E-state index is 0.148. The van der Waals surface area contributed by atoms with Gasteiger partial charge in [0.05, 0.1) is 29.4 Å². The molecule has 0 amide bonds. The van der Waals surface area contributed by atoms with Gasteiger partial charge in [0.15, 0.2) is 5.54 Å². The SMILES string of the molecule is CCOC(=O)CC1=N[C@]2(C(=O)OCC)C[C@]2(C)S1. The molecule has 1 aliphatic heterocycles. The van der Waals surface area contributed by atoms with Gasteiger partial charge in [-0.15, -0.1) is 11.8 Å². The van der Waals surface area contributed by atoms with Crippen LogP contribution in [0.15, 0.2) is 4.99 Å². The second kappa shape index (κ2) is 4.57.